The van der Waals surface area contributed by atoms with Gasteiger partial charge in [0.2, 0.25) is 0 Å². The van der Waals surface area contributed by atoms with E-state index in [1.807, 2.05) is 6.92 Å². The fraction of sp³-hybridized carbons (Fsp3) is 0.258. The maximum absolute atomic E-state index is 13.9. The van der Waals surface area contributed by atoms with E-state index in [2.05, 4.69) is 29.0 Å². The maximum atomic E-state index is 13.9. The number of carbonyl (C=O) groups excluding carboxylic acids is 3. The number of ether oxygens (including phenoxy) is 3. The van der Waals surface area contributed by atoms with Crippen molar-refractivity contribution in [3.05, 3.63) is 81.6 Å². The number of ketones is 2. The third kappa shape index (κ3) is 2.57. The summed E-state index contributed by atoms with van der Waals surface area (Å²) in [7, 11) is 2.75. The number of nitrogens with one attached hydrogen (secondary N) is 1. The maximum Gasteiger partial charge on any atom is 0.337 e. The average molecular weight is 520 g/mol. The summed E-state index contributed by atoms with van der Waals surface area (Å²) in [4.78, 5) is 40.4. The molecule has 8 heteroatoms. The zero-order valence-electron chi connectivity index (χ0n) is 21.2. The molecule has 0 saturated carbocycles. The summed E-state index contributed by atoms with van der Waals surface area (Å²) in [6, 6.07) is 7.29. The smallest absolute Gasteiger partial charge is 0.337 e. The Morgan fingerprint density at radius 2 is 1.72 bits per heavy atom. The number of rotatable bonds is 2. The quantitative estimate of drug-likeness (QED) is 0.230. The number of hydrogen-bond donors (Lipinski definition) is 2. The van der Waals surface area contributed by atoms with E-state index in [0.29, 0.717) is 11.3 Å². The van der Waals surface area contributed by atoms with Gasteiger partial charge in [0.1, 0.15) is 34.7 Å². The molecule has 2 aromatic rings. The highest BCUT2D eigenvalue weighted by molar-refractivity contribution is 6.31. The highest BCUT2D eigenvalue weighted by atomic mass is 16.6. The third-order valence-corrected chi connectivity index (χ3v) is 8.50. The molecule has 192 valence electrons. The van der Waals surface area contributed by atoms with Crippen LogP contribution in [0, 0.1) is 35.5 Å². The summed E-state index contributed by atoms with van der Waals surface area (Å²) in [5.74, 6) is 9.48. The number of benzene rings is 2. The Morgan fingerprint density at radius 3 is 2.38 bits per heavy atom. The first-order chi connectivity index (χ1) is 18.8. The number of anilines is 1. The van der Waals surface area contributed by atoms with Crippen LogP contribution in [0.15, 0.2) is 53.8 Å². The first kappa shape index (κ1) is 23.3. The van der Waals surface area contributed by atoms with Crippen molar-refractivity contribution >= 4 is 23.2 Å². The molecule has 1 fully saturated rings. The molecule has 39 heavy (non-hydrogen) atoms. The SMILES string of the molecule is COC(=O)C1=C(OC)[C@H]2C#CC=CC#C[C@@H]3Nc4c(cc(O)c5c4C(=O)c4ccccc4C5=O)[C@]24O[C@@]34[C@H]1C. The van der Waals surface area contributed by atoms with Crippen molar-refractivity contribution in [1.29, 1.82) is 0 Å². The molecule has 1 saturated heterocycles. The van der Waals surface area contributed by atoms with Crippen LogP contribution in [0.25, 0.3) is 0 Å². The molecule has 0 spiro atoms. The summed E-state index contributed by atoms with van der Waals surface area (Å²) < 4.78 is 17.6. The van der Waals surface area contributed by atoms with Crippen molar-refractivity contribution < 1.29 is 33.7 Å². The minimum atomic E-state index is -1.24. The van der Waals surface area contributed by atoms with Crippen molar-refractivity contribution in [2.75, 3.05) is 19.5 Å². The monoisotopic (exact) mass is 519 g/mol. The number of methoxy groups -OCH3 is 2. The Kier molecular flexibility index (Phi) is 4.56. The van der Waals surface area contributed by atoms with Crippen molar-refractivity contribution in [1.82, 2.24) is 0 Å². The van der Waals surface area contributed by atoms with Crippen LogP contribution in [0.2, 0.25) is 0 Å². The molecule has 3 aliphatic carbocycles. The molecule has 0 radical (unpaired) electrons. The number of phenols is 1. The summed E-state index contributed by atoms with van der Waals surface area (Å²) in [5.41, 5.74) is -0.781. The molecule has 0 unspecified atom stereocenters. The average Bonchev–Trinajstić information content (AvgIpc) is 3.67. The molecule has 8 nitrogen and oxygen atoms in total. The van der Waals surface area contributed by atoms with Crippen LogP contribution < -0.4 is 5.32 Å². The van der Waals surface area contributed by atoms with Crippen LogP contribution in [0.4, 0.5) is 5.69 Å². The first-order valence-corrected chi connectivity index (χ1v) is 12.4. The fourth-order valence-corrected chi connectivity index (χ4v) is 6.89. The number of epoxide rings is 1. The second kappa shape index (κ2) is 7.63. The zero-order chi connectivity index (χ0) is 27.3. The lowest BCUT2D eigenvalue weighted by atomic mass is 9.59. The van der Waals surface area contributed by atoms with Gasteiger partial charge in [-0.25, -0.2) is 4.79 Å². The van der Waals surface area contributed by atoms with Gasteiger partial charge in [-0.2, -0.15) is 0 Å². The number of esters is 1. The summed E-state index contributed by atoms with van der Waals surface area (Å²) in [6.07, 6.45) is 3.22. The van der Waals surface area contributed by atoms with Crippen molar-refractivity contribution in [3.63, 3.8) is 0 Å². The molecule has 0 amide bonds. The Labute approximate surface area is 223 Å². The highest BCUT2D eigenvalue weighted by Gasteiger charge is 2.85. The van der Waals surface area contributed by atoms with Gasteiger partial charge in [0, 0.05) is 22.6 Å². The number of fused-ring (bicyclic) bond motifs is 4. The molecule has 2 aromatic carbocycles. The number of phenolic OH excluding ortho intramolecular Hbond substituents is 1. The second-order valence-electron chi connectivity index (χ2n) is 10.0. The van der Waals surface area contributed by atoms with E-state index in [1.54, 1.807) is 36.4 Å². The van der Waals surface area contributed by atoms with Crippen LogP contribution in [0.3, 0.4) is 0 Å². The lowest BCUT2D eigenvalue weighted by Crippen LogP contribution is -2.55. The van der Waals surface area contributed by atoms with Crippen LogP contribution in [0.5, 0.6) is 5.75 Å². The normalized spacial score (nSPS) is 30.1. The van der Waals surface area contributed by atoms with E-state index in [1.165, 1.54) is 20.3 Å². The van der Waals surface area contributed by atoms with E-state index >= 15 is 0 Å². The van der Waals surface area contributed by atoms with Gasteiger partial charge in [0.05, 0.1) is 36.6 Å². The molecule has 5 aliphatic rings. The molecule has 4 bridgehead atoms. The fourth-order valence-electron chi connectivity index (χ4n) is 6.89. The van der Waals surface area contributed by atoms with Gasteiger partial charge in [0.25, 0.3) is 0 Å². The van der Waals surface area contributed by atoms with Crippen molar-refractivity contribution in [2.24, 2.45) is 11.8 Å². The van der Waals surface area contributed by atoms with Crippen LogP contribution in [0.1, 0.15) is 44.3 Å². The van der Waals surface area contributed by atoms with Crippen molar-refractivity contribution in [3.8, 4) is 29.4 Å². The molecular weight excluding hydrogens is 498 g/mol. The lowest BCUT2D eigenvalue weighted by molar-refractivity contribution is -0.137. The predicted octanol–water partition coefficient (Wildman–Crippen LogP) is 2.84. The Bertz CT molecular complexity index is 1760. The Balaban J connectivity index is 1.58. The minimum absolute atomic E-state index is 0.0626. The molecule has 2 heterocycles. The zero-order valence-corrected chi connectivity index (χ0v) is 21.2. The van der Waals surface area contributed by atoms with E-state index in [4.69, 9.17) is 14.2 Å². The molecule has 2 N–H and O–H groups in total. The number of aromatic hydroxyl groups is 1. The highest BCUT2D eigenvalue weighted by Crippen LogP contribution is 2.74. The molecule has 7 rings (SSSR count). The second-order valence-corrected chi connectivity index (χ2v) is 10.0. The van der Waals surface area contributed by atoms with E-state index in [9.17, 15) is 19.5 Å². The lowest BCUT2D eigenvalue weighted by Gasteiger charge is -2.43. The van der Waals surface area contributed by atoms with Gasteiger partial charge in [-0.3, -0.25) is 9.59 Å². The van der Waals surface area contributed by atoms with Crippen LogP contribution in [-0.2, 0) is 24.6 Å². The van der Waals surface area contributed by atoms with Gasteiger partial charge in [-0.05, 0) is 18.2 Å². The van der Waals surface area contributed by atoms with Gasteiger partial charge in [0.15, 0.2) is 11.6 Å². The van der Waals surface area contributed by atoms with Crippen LogP contribution in [-0.4, -0.2) is 48.5 Å². The van der Waals surface area contributed by atoms with Gasteiger partial charge in [-0.1, -0.05) is 54.9 Å². The molecule has 2 aliphatic heterocycles. The topological polar surface area (TPSA) is 114 Å². The Hall–Kier alpha value is -4.79. The summed E-state index contributed by atoms with van der Waals surface area (Å²) in [5, 5.41) is 14.6. The molecule has 0 aromatic heterocycles. The number of carbonyl (C=O) groups is 3. The third-order valence-electron chi connectivity index (χ3n) is 8.50. The number of hydrogen-bond acceptors (Lipinski definition) is 8. The van der Waals surface area contributed by atoms with Crippen LogP contribution >= 0.6 is 0 Å². The van der Waals surface area contributed by atoms with Gasteiger partial charge >= 0.3 is 5.97 Å². The van der Waals surface area contributed by atoms with E-state index in [-0.39, 0.29) is 39.3 Å². The number of allylic oxidation sites excluding steroid dienone is 2. The summed E-state index contributed by atoms with van der Waals surface area (Å²) >= 11 is 0. The standard InChI is InChI=1S/C31H21NO7/c1-15-22(29(36)38-3)28(37-2)18-12-6-4-5-7-13-21-30(15)31(18,39-30)19-14-20(33)23-24(25(19)32-21)27(35)17-11-9-8-10-16(17)26(23)34/h4-5,8-11,14-15,18,21,32-33H,1-3H3/t15-,18+,21-,30-,31+/m0/s1. The van der Waals surface area contributed by atoms with E-state index < -0.39 is 46.6 Å². The minimum Gasteiger partial charge on any atom is -0.507 e. The van der Waals surface area contributed by atoms with Gasteiger partial charge < -0.3 is 24.6 Å². The van der Waals surface area contributed by atoms with Gasteiger partial charge in [-0.15, -0.1) is 0 Å². The molecular formula is C31H21NO7. The van der Waals surface area contributed by atoms with Crippen molar-refractivity contribution in [2.45, 2.75) is 24.2 Å². The Morgan fingerprint density at radius 1 is 1.05 bits per heavy atom. The predicted molar refractivity (Wildman–Crippen MR) is 138 cm³/mol. The van der Waals surface area contributed by atoms with E-state index in [0.717, 1.165) is 0 Å². The molecule has 5 atom stereocenters. The largest absolute Gasteiger partial charge is 0.507 e. The first-order valence-electron chi connectivity index (χ1n) is 12.4. The summed E-state index contributed by atoms with van der Waals surface area (Å²) in [6.45, 7) is 1.84.